The predicted octanol–water partition coefficient (Wildman–Crippen LogP) is 4.66. The zero-order valence-corrected chi connectivity index (χ0v) is 16.7. The van der Waals surface area contributed by atoms with Crippen LogP contribution in [0.5, 0.6) is 0 Å². The van der Waals surface area contributed by atoms with Gasteiger partial charge in [-0.25, -0.2) is 4.99 Å². The Morgan fingerprint density at radius 2 is 1.96 bits per heavy atom. The zero-order valence-electron chi connectivity index (χ0n) is 15.2. The number of piperazine rings is 1. The Labute approximate surface area is 163 Å². The fraction of sp³-hybridized carbons (Fsp3) is 0.381. The number of fused-ring (bicyclic) bond motifs is 2. The van der Waals surface area contributed by atoms with E-state index in [9.17, 15) is 0 Å². The summed E-state index contributed by atoms with van der Waals surface area (Å²) in [4.78, 5) is 9.79. The van der Waals surface area contributed by atoms with Gasteiger partial charge in [-0.15, -0.1) is 0 Å². The maximum Gasteiger partial charge on any atom is 0.245 e. The molecule has 1 aliphatic carbocycles. The summed E-state index contributed by atoms with van der Waals surface area (Å²) in [6.45, 7) is 4.39. The number of likely N-dealkylation sites (N-methyl/N-ethyl adjacent to an activating group) is 1. The van der Waals surface area contributed by atoms with Crippen molar-refractivity contribution in [3.05, 3.63) is 53.4 Å². The minimum absolute atomic E-state index is 0.562. The summed E-state index contributed by atoms with van der Waals surface area (Å²) >= 11 is 4.06. The van der Waals surface area contributed by atoms with Gasteiger partial charge in [0, 0.05) is 55.3 Å². The lowest BCUT2D eigenvalue weighted by Crippen LogP contribution is -2.44. The van der Waals surface area contributed by atoms with Crippen molar-refractivity contribution in [2.24, 2.45) is 4.99 Å². The van der Waals surface area contributed by atoms with Crippen molar-refractivity contribution >= 4 is 39.4 Å². The first kappa shape index (κ1) is 16.5. The quantitative estimate of drug-likeness (QED) is 0.625. The number of halogens is 1. The van der Waals surface area contributed by atoms with Crippen LogP contribution in [0.15, 0.2) is 58.4 Å². The summed E-state index contributed by atoms with van der Waals surface area (Å²) in [6, 6.07) is 6.79. The number of hydrogen-bond acceptors (Lipinski definition) is 3. The number of allylic oxidation sites excluding steroid dienone is 4. The Bertz CT molecular complexity index is 874. The smallest absolute Gasteiger partial charge is 0.245 e. The summed E-state index contributed by atoms with van der Waals surface area (Å²) in [5.74, 6) is 0. The Morgan fingerprint density at radius 3 is 2.81 bits per heavy atom. The summed E-state index contributed by atoms with van der Waals surface area (Å²) in [5, 5.41) is 0. The van der Waals surface area contributed by atoms with Crippen LogP contribution < -0.4 is 8.41 Å². The van der Waals surface area contributed by atoms with Crippen molar-refractivity contribution < 1.29 is 0 Å². The molecular formula is C21H24BrN4+. The molecule has 0 N–H and O–H groups in total. The lowest BCUT2D eigenvalue weighted by Gasteiger charge is -2.36. The molecule has 5 heteroatoms. The standard InChI is InChI=1S/C21H24BrN4/c1-24-9-11-25(12-10-24)18-7-8-20-19(14-18)23-15-17-5-2-4-16-6-3-13-26(20,22)21(16)17/h3,6-8,13-15H,2,4-5,9-12H2,1H3/q+1. The van der Waals surface area contributed by atoms with Gasteiger partial charge in [0.05, 0.1) is 0 Å². The van der Waals surface area contributed by atoms with Gasteiger partial charge >= 0.3 is 0 Å². The molecule has 0 bridgehead atoms. The molecule has 4 nitrogen and oxygen atoms in total. The fourth-order valence-corrected chi connectivity index (χ4v) is 5.36. The highest BCUT2D eigenvalue weighted by Crippen LogP contribution is 2.51. The number of nitrogens with zero attached hydrogens (tertiary/aromatic N) is 4. The molecule has 3 heterocycles. The van der Waals surface area contributed by atoms with E-state index in [1.54, 1.807) is 0 Å². The van der Waals surface area contributed by atoms with E-state index in [2.05, 4.69) is 75.8 Å². The van der Waals surface area contributed by atoms with Crippen molar-refractivity contribution in [1.29, 1.82) is 0 Å². The lowest BCUT2D eigenvalue weighted by molar-refractivity contribution is 0.313. The number of quaternary nitrogens is 1. The van der Waals surface area contributed by atoms with E-state index in [1.165, 1.54) is 34.6 Å². The van der Waals surface area contributed by atoms with Gasteiger partial charge in [0.15, 0.2) is 11.4 Å². The van der Waals surface area contributed by atoms with Gasteiger partial charge < -0.3 is 9.80 Å². The van der Waals surface area contributed by atoms with Crippen LogP contribution in [-0.4, -0.2) is 44.3 Å². The van der Waals surface area contributed by atoms with Crippen molar-refractivity contribution in [2.75, 3.05) is 38.1 Å². The molecule has 4 aliphatic rings. The van der Waals surface area contributed by atoms with E-state index in [-0.39, 0.29) is 0 Å². The van der Waals surface area contributed by atoms with Crippen LogP contribution in [-0.2, 0) is 0 Å². The van der Waals surface area contributed by atoms with E-state index >= 15 is 0 Å². The first-order valence-electron chi connectivity index (χ1n) is 9.48. The van der Waals surface area contributed by atoms with Gasteiger partial charge in [0.1, 0.15) is 11.9 Å². The zero-order chi connectivity index (χ0) is 17.7. The van der Waals surface area contributed by atoms with Gasteiger partial charge in [0.25, 0.3) is 0 Å². The van der Waals surface area contributed by atoms with E-state index in [1.807, 2.05) is 0 Å². The van der Waals surface area contributed by atoms with Crippen molar-refractivity contribution in [1.82, 2.24) is 8.41 Å². The molecule has 5 rings (SSSR count). The van der Waals surface area contributed by atoms with Crippen LogP contribution in [0.2, 0.25) is 0 Å². The average Bonchev–Trinajstić information content (AvgIpc) is 2.79. The molecule has 3 aliphatic heterocycles. The lowest BCUT2D eigenvalue weighted by atomic mass is 9.90. The van der Waals surface area contributed by atoms with E-state index < -0.39 is 0 Å². The van der Waals surface area contributed by atoms with Crippen molar-refractivity contribution in [3.8, 4) is 0 Å². The second kappa shape index (κ2) is 6.19. The van der Waals surface area contributed by atoms with Crippen LogP contribution >= 0.6 is 16.1 Å². The molecule has 1 aromatic carbocycles. The highest BCUT2D eigenvalue weighted by atomic mass is 79.9. The fourth-order valence-electron chi connectivity index (χ4n) is 4.47. The van der Waals surface area contributed by atoms with Crippen LogP contribution in [0.25, 0.3) is 0 Å². The summed E-state index contributed by atoms with van der Waals surface area (Å²) < 4.78 is 0.562. The van der Waals surface area contributed by atoms with E-state index in [0.717, 1.165) is 44.7 Å². The molecule has 26 heavy (non-hydrogen) atoms. The molecule has 0 radical (unpaired) electrons. The van der Waals surface area contributed by atoms with Crippen LogP contribution in [0.1, 0.15) is 19.3 Å². The topological polar surface area (TPSA) is 18.8 Å². The Morgan fingerprint density at radius 1 is 1.12 bits per heavy atom. The van der Waals surface area contributed by atoms with Gasteiger partial charge in [-0.2, -0.15) is 3.51 Å². The Balaban J connectivity index is 1.58. The minimum atomic E-state index is 0.562. The highest BCUT2D eigenvalue weighted by Gasteiger charge is 2.42. The normalized spacial score (nSPS) is 27.8. The third kappa shape index (κ3) is 2.53. The number of hydrogen-bond donors (Lipinski definition) is 0. The van der Waals surface area contributed by atoms with Gasteiger partial charge in [0.2, 0.25) is 16.1 Å². The van der Waals surface area contributed by atoms with Crippen LogP contribution in [0.3, 0.4) is 0 Å². The molecular weight excluding hydrogens is 388 g/mol. The molecule has 0 saturated carbocycles. The number of anilines is 1. The van der Waals surface area contributed by atoms with E-state index in [4.69, 9.17) is 4.99 Å². The first-order chi connectivity index (χ1) is 12.6. The maximum atomic E-state index is 4.92. The van der Waals surface area contributed by atoms with Gasteiger partial charge in [-0.05, 0) is 50.6 Å². The summed E-state index contributed by atoms with van der Waals surface area (Å²) in [6.07, 6.45) is 12.2. The molecule has 1 saturated heterocycles. The Kier molecular flexibility index (Phi) is 3.92. The third-order valence-corrected chi connectivity index (χ3v) is 6.93. The van der Waals surface area contributed by atoms with E-state index in [0.29, 0.717) is 3.51 Å². The molecule has 1 unspecified atom stereocenters. The molecule has 1 atom stereocenters. The second-order valence-electron chi connectivity index (χ2n) is 7.62. The molecule has 0 aromatic heterocycles. The van der Waals surface area contributed by atoms with Gasteiger partial charge in [-0.1, -0.05) is 0 Å². The first-order valence-corrected chi connectivity index (χ1v) is 10.2. The minimum Gasteiger partial charge on any atom is -0.369 e. The molecule has 0 spiro atoms. The number of rotatable bonds is 1. The Hall–Kier alpha value is -1.69. The van der Waals surface area contributed by atoms with Crippen LogP contribution in [0.4, 0.5) is 17.1 Å². The second-order valence-corrected chi connectivity index (χ2v) is 8.74. The van der Waals surface area contributed by atoms with Crippen LogP contribution in [0, 0.1) is 0 Å². The molecule has 1 fully saturated rings. The monoisotopic (exact) mass is 411 g/mol. The summed E-state index contributed by atoms with van der Waals surface area (Å²) in [7, 11) is 2.20. The molecule has 0 amide bonds. The van der Waals surface area contributed by atoms with Crippen molar-refractivity contribution in [2.45, 2.75) is 19.3 Å². The predicted molar refractivity (Wildman–Crippen MR) is 113 cm³/mol. The molecule has 1 aromatic rings. The van der Waals surface area contributed by atoms with Gasteiger partial charge in [-0.3, -0.25) is 0 Å². The molecule has 134 valence electrons. The number of benzene rings is 1. The number of aliphatic imine (C=N–C) groups is 1. The van der Waals surface area contributed by atoms with Crippen molar-refractivity contribution in [3.63, 3.8) is 0 Å². The largest absolute Gasteiger partial charge is 0.369 e. The summed E-state index contributed by atoms with van der Waals surface area (Å²) in [5.41, 5.74) is 7.72. The highest BCUT2D eigenvalue weighted by molar-refractivity contribution is 9.08. The average molecular weight is 412 g/mol. The third-order valence-electron chi connectivity index (χ3n) is 5.95. The SMILES string of the molecule is CN1CCN(c2ccc3c(c2)N=CC2=C4C(=CC=C[N+]43Br)CCC2)CC1. The maximum absolute atomic E-state index is 4.92.